The standard InChI is InChI=1S/C19H24N2O4/c1-20-18(23)15-5-2-14(3-6-15)4-7-17(22)21-10-8-16(9-11-21)19-24-12-13-25-19/h2-7,16,19H,8-13H2,1H3,(H,20,23). The van der Waals surface area contributed by atoms with Gasteiger partial charge in [-0.3, -0.25) is 9.59 Å². The fraction of sp³-hybridized carbons (Fsp3) is 0.474. The van der Waals surface area contributed by atoms with Gasteiger partial charge in [0.05, 0.1) is 13.2 Å². The molecule has 0 unspecified atom stereocenters. The first kappa shape index (κ1) is 17.6. The van der Waals surface area contributed by atoms with Crippen molar-refractivity contribution in [2.75, 3.05) is 33.4 Å². The molecular formula is C19H24N2O4. The van der Waals surface area contributed by atoms with Crippen LogP contribution in [0.1, 0.15) is 28.8 Å². The molecule has 0 radical (unpaired) electrons. The zero-order valence-electron chi connectivity index (χ0n) is 14.4. The molecule has 0 aliphatic carbocycles. The predicted octanol–water partition coefficient (Wildman–Crippen LogP) is 1.67. The molecule has 0 bridgehead atoms. The first-order valence-electron chi connectivity index (χ1n) is 8.69. The number of carbonyl (C=O) groups excluding carboxylic acids is 2. The summed E-state index contributed by atoms with van der Waals surface area (Å²) in [5, 5.41) is 2.58. The van der Waals surface area contributed by atoms with Crippen LogP contribution < -0.4 is 5.32 Å². The summed E-state index contributed by atoms with van der Waals surface area (Å²) in [6.45, 7) is 2.80. The summed E-state index contributed by atoms with van der Waals surface area (Å²) < 4.78 is 11.1. The Morgan fingerprint density at radius 1 is 1.12 bits per heavy atom. The van der Waals surface area contributed by atoms with Gasteiger partial charge in [-0.25, -0.2) is 0 Å². The van der Waals surface area contributed by atoms with E-state index in [4.69, 9.17) is 9.47 Å². The number of benzene rings is 1. The summed E-state index contributed by atoms with van der Waals surface area (Å²) in [7, 11) is 1.60. The van der Waals surface area contributed by atoms with E-state index in [0.29, 0.717) is 24.7 Å². The fourth-order valence-corrected chi connectivity index (χ4v) is 3.20. The molecule has 2 fully saturated rings. The Morgan fingerprint density at radius 3 is 2.36 bits per heavy atom. The van der Waals surface area contributed by atoms with Crippen molar-refractivity contribution in [1.82, 2.24) is 10.2 Å². The number of rotatable bonds is 4. The maximum atomic E-state index is 12.3. The van der Waals surface area contributed by atoms with Gasteiger partial charge in [-0.05, 0) is 36.6 Å². The Kier molecular flexibility index (Phi) is 5.83. The van der Waals surface area contributed by atoms with Crippen LogP contribution >= 0.6 is 0 Å². The molecule has 0 saturated carbocycles. The molecule has 1 N–H and O–H groups in total. The molecule has 134 valence electrons. The lowest BCUT2D eigenvalue weighted by atomic mass is 9.96. The van der Waals surface area contributed by atoms with E-state index >= 15 is 0 Å². The second kappa shape index (κ2) is 8.27. The van der Waals surface area contributed by atoms with Gasteiger partial charge in [0.25, 0.3) is 5.91 Å². The summed E-state index contributed by atoms with van der Waals surface area (Å²) in [6.07, 6.45) is 5.10. The van der Waals surface area contributed by atoms with Crippen molar-refractivity contribution in [2.45, 2.75) is 19.1 Å². The minimum absolute atomic E-state index is 0.0158. The number of nitrogens with one attached hydrogen (secondary N) is 1. The third-order valence-electron chi connectivity index (χ3n) is 4.70. The molecule has 6 heteroatoms. The van der Waals surface area contributed by atoms with E-state index in [2.05, 4.69) is 5.32 Å². The number of hydrogen-bond donors (Lipinski definition) is 1. The van der Waals surface area contributed by atoms with Crippen LogP contribution in [0, 0.1) is 5.92 Å². The second-order valence-electron chi connectivity index (χ2n) is 6.31. The minimum Gasteiger partial charge on any atom is -0.355 e. The third-order valence-corrected chi connectivity index (χ3v) is 4.70. The molecule has 2 aliphatic rings. The van der Waals surface area contributed by atoms with Gasteiger partial charge in [-0.15, -0.1) is 0 Å². The lowest BCUT2D eigenvalue weighted by Gasteiger charge is -2.33. The average molecular weight is 344 g/mol. The normalized spacial score (nSPS) is 19.5. The molecule has 25 heavy (non-hydrogen) atoms. The van der Waals surface area contributed by atoms with Crippen LogP contribution in [0.4, 0.5) is 0 Å². The van der Waals surface area contributed by atoms with Gasteiger partial charge in [0.15, 0.2) is 6.29 Å². The van der Waals surface area contributed by atoms with Gasteiger partial charge < -0.3 is 19.7 Å². The maximum absolute atomic E-state index is 12.3. The number of carbonyl (C=O) groups is 2. The quantitative estimate of drug-likeness (QED) is 0.844. The Hall–Kier alpha value is -2.18. The lowest BCUT2D eigenvalue weighted by Crippen LogP contribution is -2.40. The lowest BCUT2D eigenvalue weighted by molar-refractivity contribution is -0.131. The molecule has 2 heterocycles. The molecule has 1 aromatic rings. The fourth-order valence-electron chi connectivity index (χ4n) is 3.20. The molecular weight excluding hydrogens is 320 g/mol. The number of nitrogens with zero attached hydrogens (tertiary/aromatic N) is 1. The summed E-state index contributed by atoms with van der Waals surface area (Å²) in [5.41, 5.74) is 1.49. The van der Waals surface area contributed by atoms with E-state index in [-0.39, 0.29) is 18.1 Å². The van der Waals surface area contributed by atoms with Crippen molar-refractivity contribution in [3.05, 3.63) is 41.5 Å². The van der Waals surface area contributed by atoms with Crippen LogP contribution in [0.25, 0.3) is 6.08 Å². The van der Waals surface area contributed by atoms with E-state index in [9.17, 15) is 9.59 Å². The highest BCUT2D eigenvalue weighted by molar-refractivity contribution is 5.94. The third kappa shape index (κ3) is 4.46. The van der Waals surface area contributed by atoms with Gasteiger partial charge in [0.1, 0.15) is 0 Å². The van der Waals surface area contributed by atoms with Gasteiger partial charge in [0, 0.05) is 37.7 Å². The van der Waals surface area contributed by atoms with Crippen LogP contribution in [-0.4, -0.2) is 56.4 Å². The van der Waals surface area contributed by atoms with Gasteiger partial charge >= 0.3 is 0 Å². The van der Waals surface area contributed by atoms with E-state index in [1.165, 1.54) is 0 Å². The highest BCUT2D eigenvalue weighted by Crippen LogP contribution is 2.25. The zero-order valence-corrected chi connectivity index (χ0v) is 14.4. The topological polar surface area (TPSA) is 67.9 Å². The summed E-state index contributed by atoms with van der Waals surface area (Å²) in [6, 6.07) is 7.15. The first-order chi connectivity index (χ1) is 12.2. The first-order valence-corrected chi connectivity index (χ1v) is 8.69. The number of piperidine rings is 1. The Balaban J connectivity index is 1.50. The summed E-state index contributed by atoms with van der Waals surface area (Å²) in [5.74, 6) is 0.277. The number of amides is 2. The van der Waals surface area contributed by atoms with Crippen LogP contribution in [0.15, 0.2) is 30.3 Å². The van der Waals surface area contributed by atoms with Crippen LogP contribution in [0.3, 0.4) is 0 Å². The van der Waals surface area contributed by atoms with Gasteiger partial charge in [-0.1, -0.05) is 12.1 Å². The highest BCUT2D eigenvalue weighted by Gasteiger charge is 2.31. The van der Waals surface area contributed by atoms with Gasteiger partial charge in [-0.2, -0.15) is 0 Å². The average Bonchev–Trinajstić information content (AvgIpc) is 3.21. The Bertz CT molecular complexity index is 627. The van der Waals surface area contributed by atoms with E-state index in [1.807, 2.05) is 17.0 Å². The number of likely N-dealkylation sites (tertiary alicyclic amines) is 1. The molecule has 2 aliphatic heterocycles. The maximum Gasteiger partial charge on any atom is 0.251 e. The highest BCUT2D eigenvalue weighted by atomic mass is 16.7. The Morgan fingerprint density at radius 2 is 1.76 bits per heavy atom. The Labute approximate surface area is 147 Å². The van der Waals surface area contributed by atoms with E-state index in [1.54, 1.807) is 31.3 Å². The largest absolute Gasteiger partial charge is 0.355 e. The molecule has 3 rings (SSSR count). The molecule has 2 saturated heterocycles. The molecule has 2 amide bonds. The van der Waals surface area contributed by atoms with Crippen LogP contribution in [0.5, 0.6) is 0 Å². The second-order valence-corrected chi connectivity index (χ2v) is 6.31. The van der Waals surface area contributed by atoms with Crippen molar-refractivity contribution in [1.29, 1.82) is 0 Å². The number of hydrogen-bond acceptors (Lipinski definition) is 4. The SMILES string of the molecule is CNC(=O)c1ccc(C=CC(=O)N2CCC(C3OCCO3)CC2)cc1. The minimum atomic E-state index is -0.121. The number of ether oxygens (including phenoxy) is 2. The van der Waals surface area contributed by atoms with Crippen LogP contribution in [0.2, 0.25) is 0 Å². The van der Waals surface area contributed by atoms with Crippen LogP contribution in [-0.2, 0) is 14.3 Å². The molecule has 6 nitrogen and oxygen atoms in total. The van der Waals surface area contributed by atoms with Crippen molar-refractivity contribution in [3.63, 3.8) is 0 Å². The van der Waals surface area contributed by atoms with E-state index < -0.39 is 0 Å². The van der Waals surface area contributed by atoms with Gasteiger partial charge in [0.2, 0.25) is 5.91 Å². The predicted molar refractivity (Wildman–Crippen MR) is 93.9 cm³/mol. The molecule has 0 aromatic heterocycles. The van der Waals surface area contributed by atoms with Crippen molar-refractivity contribution < 1.29 is 19.1 Å². The molecule has 1 aromatic carbocycles. The zero-order chi connectivity index (χ0) is 17.6. The van der Waals surface area contributed by atoms with Crippen molar-refractivity contribution >= 4 is 17.9 Å². The molecule has 0 atom stereocenters. The molecule has 0 spiro atoms. The summed E-state index contributed by atoms with van der Waals surface area (Å²) in [4.78, 5) is 25.7. The van der Waals surface area contributed by atoms with Crippen molar-refractivity contribution in [2.24, 2.45) is 5.92 Å². The van der Waals surface area contributed by atoms with Crippen molar-refractivity contribution in [3.8, 4) is 0 Å². The smallest absolute Gasteiger partial charge is 0.251 e. The van der Waals surface area contributed by atoms with E-state index in [0.717, 1.165) is 31.5 Å². The summed E-state index contributed by atoms with van der Waals surface area (Å²) >= 11 is 0. The monoisotopic (exact) mass is 344 g/mol.